The molecule has 1 aliphatic heterocycles. The van der Waals surface area contributed by atoms with Crippen molar-refractivity contribution in [3.63, 3.8) is 0 Å². The fourth-order valence-corrected chi connectivity index (χ4v) is 3.39. The summed E-state index contributed by atoms with van der Waals surface area (Å²) in [5.74, 6) is -3.00. The normalized spacial score (nSPS) is 15.4. The second-order valence-electron chi connectivity index (χ2n) is 7.45. The zero-order valence-corrected chi connectivity index (χ0v) is 17.8. The van der Waals surface area contributed by atoms with Crippen LogP contribution in [0.1, 0.15) is 23.2 Å². The molecule has 8 N–H and O–H groups in total. The number of carboxylic acids is 2. The van der Waals surface area contributed by atoms with Crippen LogP contribution in [0.5, 0.6) is 0 Å². The molecule has 34 heavy (non-hydrogen) atoms. The van der Waals surface area contributed by atoms with E-state index in [0.29, 0.717) is 18.6 Å². The van der Waals surface area contributed by atoms with E-state index in [-0.39, 0.29) is 36.0 Å². The van der Waals surface area contributed by atoms with E-state index in [0.717, 1.165) is 0 Å². The van der Waals surface area contributed by atoms with Crippen LogP contribution in [-0.4, -0.2) is 69.6 Å². The molecule has 1 aliphatic rings. The second-order valence-corrected chi connectivity index (χ2v) is 7.45. The van der Waals surface area contributed by atoms with Crippen LogP contribution in [0.3, 0.4) is 0 Å². The number of aromatic amines is 1. The maximum Gasteiger partial charge on any atom is 0.326 e. The van der Waals surface area contributed by atoms with Gasteiger partial charge in [0.2, 0.25) is 12.4 Å². The highest BCUT2D eigenvalue weighted by Crippen LogP contribution is 2.25. The molecule has 1 unspecified atom stereocenters. The summed E-state index contributed by atoms with van der Waals surface area (Å²) >= 11 is 0. The standard InChI is InChI=1S/C20H23N7O7/c21-20-25-16-15(18(32)26-20)27(9-28)12(8-23-16)7-22-11-3-1-10(2-4-11)17(31)24-13(19(33)34)5-6-14(29)30/h1-4,9,12-13,22H,5-8H2,(H,24,31)(H,29,30)(H,33,34)(H4,21,23,25,26,32)/t12-,13?/m0/s1. The number of hydrogen-bond donors (Lipinski definition) is 7. The van der Waals surface area contributed by atoms with Crippen molar-refractivity contribution < 1.29 is 29.4 Å². The van der Waals surface area contributed by atoms with Gasteiger partial charge < -0.3 is 36.8 Å². The highest BCUT2D eigenvalue weighted by Gasteiger charge is 2.29. The summed E-state index contributed by atoms with van der Waals surface area (Å²) in [4.78, 5) is 65.7. The second kappa shape index (κ2) is 10.3. The number of carbonyl (C=O) groups excluding carboxylic acids is 2. The molecule has 0 saturated heterocycles. The number of nitrogens with zero attached hydrogens (tertiary/aromatic N) is 2. The number of aromatic nitrogens is 2. The number of nitrogens with one attached hydrogen (secondary N) is 4. The number of anilines is 4. The van der Waals surface area contributed by atoms with E-state index in [1.165, 1.54) is 17.0 Å². The Morgan fingerprint density at radius 3 is 2.59 bits per heavy atom. The third-order valence-electron chi connectivity index (χ3n) is 5.12. The van der Waals surface area contributed by atoms with Crippen molar-refractivity contribution in [3.05, 3.63) is 40.2 Å². The topological polar surface area (TPSA) is 220 Å². The molecule has 0 fully saturated rings. The molecule has 0 bridgehead atoms. The van der Waals surface area contributed by atoms with Gasteiger partial charge in [-0.25, -0.2) is 4.79 Å². The van der Waals surface area contributed by atoms with E-state index < -0.39 is 41.9 Å². The van der Waals surface area contributed by atoms with E-state index in [4.69, 9.17) is 10.8 Å². The molecule has 14 heteroatoms. The lowest BCUT2D eigenvalue weighted by Gasteiger charge is -2.34. The number of hydrogen-bond acceptors (Lipinski definition) is 9. The summed E-state index contributed by atoms with van der Waals surface area (Å²) < 4.78 is 0. The van der Waals surface area contributed by atoms with E-state index in [1.54, 1.807) is 12.1 Å². The SMILES string of the molecule is Nc1nc2c(c(=O)[nH]1)N(C=O)[C@@H](CNc1ccc(C(=O)NC(CCC(=O)O)C(=O)O)cc1)CN2. The van der Waals surface area contributed by atoms with Crippen LogP contribution in [0.25, 0.3) is 0 Å². The Kier molecular flexibility index (Phi) is 7.30. The third-order valence-corrected chi connectivity index (χ3v) is 5.12. The summed E-state index contributed by atoms with van der Waals surface area (Å²) in [5.41, 5.74) is 5.84. The Morgan fingerprint density at radius 1 is 1.26 bits per heavy atom. The minimum atomic E-state index is -1.33. The van der Waals surface area contributed by atoms with E-state index in [9.17, 15) is 29.1 Å². The lowest BCUT2D eigenvalue weighted by molar-refractivity contribution is -0.140. The van der Waals surface area contributed by atoms with Crippen molar-refractivity contribution in [1.29, 1.82) is 0 Å². The van der Waals surface area contributed by atoms with Crippen LogP contribution >= 0.6 is 0 Å². The van der Waals surface area contributed by atoms with Crippen LogP contribution in [0.2, 0.25) is 0 Å². The molecule has 1 aromatic heterocycles. The molecule has 1 aromatic carbocycles. The molecule has 0 saturated carbocycles. The number of carboxylic acid groups (broad SMARTS) is 2. The van der Waals surface area contributed by atoms with Gasteiger partial charge in [0.15, 0.2) is 11.5 Å². The Balaban J connectivity index is 1.62. The largest absolute Gasteiger partial charge is 0.481 e. The van der Waals surface area contributed by atoms with E-state index >= 15 is 0 Å². The van der Waals surface area contributed by atoms with Crippen LogP contribution < -0.4 is 32.1 Å². The summed E-state index contributed by atoms with van der Waals surface area (Å²) in [6.07, 6.45) is -0.101. The number of nitrogens with two attached hydrogens (primary N) is 1. The van der Waals surface area contributed by atoms with E-state index in [1.807, 2.05) is 0 Å². The minimum Gasteiger partial charge on any atom is -0.481 e. The fraction of sp³-hybridized carbons (Fsp3) is 0.300. The van der Waals surface area contributed by atoms with Gasteiger partial charge in [-0.2, -0.15) is 4.98 Å². The van der Waals surface area contributed by atoms with Gasteiger partial charge in [0.05, 0.1) is 6.04 Å². The Labute approximate surface area is 192 Å². The maximum absolute atomic E-state index is 12.3. The maximum atomic E-state index is 12.3. The predicted octanol–water partition coefficient (Wildman–Crippen LogP) is -0.731. The Hall–Kier alpha value is -4.62. The quantitative estimate of drug-likeness (QED) is 0.213. The molecular formula is C20H23N7O7. The van der Waals surface area contributed by atoms with Gasteiger partial charge in [-0.3, -0.25) is 24.2 Å². The van der Waals surface area contributed by atoms with Crippen LogP contribution in [0.15, 0.2) is 29.1 Å². The van der Waals surface area contributed by atoms with Gasteiger partial charge in [0.25, 0.3) is 11.5 Å². The van der Waals surface area contributed by atoms with Crippen LogP contribution in [0.4, 0.5) is 23.1 Å². The number of aliphatic carboxylic acids is 2. The molecular weight excluding hydrogens is 450 g/mol. The zero-order valence-electron chi connectivity index (χ0n) is 17.8. The predicted molar refractivity (Wildman–Crippen MR) is 121 cm³/mol. The molecule has 0 spiro atoms. The Bertz CT molecular complexity index is 1150. The van der Waals surface area contributed by atoms with E-state index in [2.05, 4.69) is 25.9 Å². The molecule has 3 rings (SSSR count). The number of benzene rings is 1. The molecule has 2 amide bonds. The van der Waals surface area contributed by atoms with Crippen molar-refractivity contribution in [2.45, 2.75) is 24.9 Å². The molecule has 180 valence electrons. The van der Waals surface area contributed by atoms with Gasteiger partial charge in [-0.05, 0) is 30.7 Å². The smallest absolute Gasteiger partial charge is 0.326 e. The van der Waals surface area contributed by atoms with Gasteiger partial charge in [0, 0.05) is 30.8 Å². The first-order chi connectivity index (χ1) is 16.2. The molecule has 0 aliphatic carbocycles. The lowest BCUT2D eigenvalue weighted by atomic mass is 10.1. The first-order valence-electron chi connectivity index (χ1n) is 10.2. The number of carbonyl (C=O) groups is 4. The summed E-state index contributed by atoms with van der Waals surface area (Å²) in [5, 5.41) is 26.3. The molecule has 2 atom stereocenters. The number of amides is 2. The monoisotopic (exact) mass is 473 g/mol. The van der Waals surface area contributed by atoms with Crippen molar-refractivity contribution in [1.82, 2.24) is 15.3 Å². The van der Waals surface area contributed by atoms with Crippen LogP contribution in [-0.2, 0) is 14.4 Å². The first-order valence-corrected chi connectivity index (χ1v) is 10.2. The number of fused-ring (bicyclic) bond motifs is 1. The molecule has 2 heterocycles. The van der Waals surface area contributed by atoms with Crippen molar-refractivity contribution >= 4 is 47.4 Å². The first kappa shape index (κ1) is 24.0. The minimum absolute atomic E-state index is 0.0603. The third kappa shape index (κ3) is 5.59. The van der Waals surface area contributed by atoms with Crippen molar-refractivity contribution in [3.8, 4) is 0 Å². The van der Waals surface area contributed by atoms with Crippen molar-refractivity contribution in [2.75, 3.05) is 34.4 Å². The fourth-order valence-electron chi connectivity index (χ4n) is 3.39. The summed E-state index contributed by atoms with van der Waals surface area (Å²) in [7, 11) is 0. The highest BCUT2D eigenvalue weighted by atomic mass is 16.4. The average Bonchev–Trinajstić information content (AvgIpc) is 2.79. The lowest BCUT2D eigenvalue weighted by Crippen LogP contribution is -2.50. The van der Waals surface area contributed by atoms with Crippen molar-refractivity contribution in [2.24, 2.45) is 0 Å². The highest BCUT2D eigenvalue weighted by molar-refractivity contribution is 5.97. The average molecular weight is 473 g/mol. The summed E-state index contributed by atoms with van der Waals surface area (Å²) in [6.45, 7) is 0.568. The number of nitrogen functional groups attached to an aromatic ring is 1. The van der Waals surface area contributed by atoms with Gasteiger partial charge in [0.1, 0.15) is 6.04 Å². The van der Waals surface area contributed by atoms with Gasteiger partial charge in [-0.15, -0.1) is 0 Å². The number of H-pyrrole nitrogens is 1. The number of rotatable bonds is 10. The van der Waals surface area contributed by atoms with Gasteiger partial charge in [-0.1, -0.05) is 0 Å². The Morgan fingerprint density at radius 2 is 1.97 bits per heavy atom. The molecule has 0 radical (unpaired) electrons. The van der Waals surface area contributed by atoms with Crippen LogP contribution in [0, 0.1) is 0 Å². The molecule has 14 nitrogen and oxygen atoms in total. The summed E-state index contributed by atoms with van der Waals surface area (Å²) in [6, 6.07) is 4.36. The van der Waals surface area contributed by atoms with Gasteiger partial charge >= 0.3 is 11.9 Å². The molecule has 2 aromatic rings. The zero-order chi connectivity index (χ0) is 24.8.